The first-order valence-electron chi connectivity index (χ1n) is 5.56. The number of hydrogen-bond donors (Lipinski definition) is 1. The molecule has 1 aromatic carbocycles. The molecule has 0 saturated carbocycles. The van der Waals surface area contributed by atoms with Crippen LogP contribution in [0.25, 0.3) is 0 Å². The summed E-state index contributed by atoms with van der Waals surface area (Å²) in [5.41, 5.74) is 6.63. The molecule has 102 valence electrons. The maximum Gasteiger partial charge on any atom is 0.411 e. The van der Waals surface area contributed by atoms with E-state index in [-0.39, 0.29) is 6.04 Å². The van der Waals surface area contributed by atoms with Crippen LogP contribution in [-0.4, -0.2) is 19.6 Å². The van der Waals surface area contributed by atoms with E-state index in [1.165, 1.54) is 0 Å². The topological polar surface area (TPSA) is 44.5 Å². The molecule has 0 aliphatic heterocycles. The van der Waals surface area contributed by atoms with E-state index in [1.807, 2.05) is 6.92 Å². The standard InChI is InChI=1S/C12H16F3NO2/c1-2-10(16)9-5-3-4-6-11(9)18-8-17-7-12(13,14)15/h3-6,10H,2,7-8,16H2,1H3/t10-/m0/s1. The van der Waals surface area contributed by atoms with E-state index in [4.69, 9.17) is 10.5 Å². The highest BCUT2D eigenvalue weighted by molar-refractivity contribution is 5.35. The number of halogens is 3. The molecule has 2 N–H and O–H groups in total. The number of para-hydroxylation sites is 1. The third kappa shape index (κ3) is 4.93. The van der Waals surface area contributed by atoms with Crippen molar-refractivity contribution in [1.29, 1.82) is 0 Å². The molecule has 0 saturated heterocycles. The van der Waals surface area contributed by atoms with Crippen LogP contribution in [-0.2, 0) is 4.74 Å². The first-order chi connectivity index (χ1) is 8.44. The highest BCUT2D eigenvalue weighted by Gasteiger charge is 2.27. The molecule has 0 bridgehead atoms. The van der Waals surface area contributed by atoms with E-state index in [0.717, 1.165) is 5.56 Å². The fourth-order valence-electron chi connectivity index (χ4n) is 1.40. The molecule has 0 fully saturated rings. The van der Waals surface area contributed by atoms with E-state index in [0.29, 0.717) is 12.2 Å². The van der Waals surface area contributed by atoms with Crippen LogP contribution in [0.2, 0.25) is 0 Å². The summed E-state index contributed by atoms with van der Waals surface area (Å²) in [4.78, 5) is 0. The minimum absolute atomic E-state index is 0.205. The second-order valence-electron chi connectivity index (χ2n) is 3.78. The van der Waals surface area contributed by atoms with Crippen molar-refractivity contribution in [3.63, 3.8) is 0 Å². The molecular formula is C12H16F3NO2. The molecule has 0 aliphatic carbocycles. The Hall–Kier alpha value is -1.27. The van der Waals surface area contributed by atoms with E-state index in [9.17, 15) is 13.2 Å². The van der Waals surface area contributed by atoms with E-state index in [1.54, 1.807) is 24.3 Å². The molecule has 0 radical (unpaired) electrons. The summed E-state index contributed by atoms with van der Waals surface area (Å²) in [5.74, 6) is 0.453. The predicted octanol–water partition coefficient (Wildman–Crippen LogP) is 3.01. The quantitative estimate of drug-likeness (QED) is 0.634. The Bertz CT molecular complexity index is 369. The smallest absolute Gasteiger partial charge is 0.411 e. The lowest BCUT2D eigenvalue weighted by Crippen LogP contribution is -2.19. The number of ether oxygens (including phenoxy) is 2. The molecule has 1 aromatic rings. The summed E-state index contributed by atoms with van der Waals surface area (Å²) in [6.07, 6.45) is -3.63. The first kappa shape index (κ1) is 14.8. The lowest BCUT2D eigenvalue weighted by Gasteiger charge is -2.15. The number of rotatable bonds is 6. The number of benzene rings is 1. The van der Waals surface area contributed by atoms with E-state index >= 15 is 0 Å². The SMILES string of the molecule is CC[C@H](N)c1ccccc1OCOCC(F)(F)F. The molecule has 0 unspecified atom stereocenters. The number of alkyl halides is 3. The van der Waals surface area contributed by atoms with Gasteiger partial charge in [0.15, 0.2) is 6.79 Å². The summed E-state index contributed by atoms with van der Waals surface area (Å²) < 4.78 is 45.1. The van der Waals surface area contributed by atoms with Crippen molar-refractivity contribution in [2.24, 2.45) is 5.73 Å². The zero-order valence-electron chi connectivity index (χ0n) is 10.0. The normalized spacial score (nSPS) is 13.4. The molecule has 1 rings (SSSR count). The van der Waals surface area contributed by atoms with Gasteiger partial charge in [0.25, 0.3) is 0 Å². The fourth-order valence-corrected chi connectivity index (χ4v) is 1.40. The van der Waals surface area contributed by atoms with Gasteiger partial charge in [-0.25, -0.2) is 0 Å². The Morgan fingerprint density at radius 2 is 1.94 bits per heavy atom. The maximum absolute atomic E-state index is 11.8. The Morgan fingerprint density at radius 3 is 2.56 bits per heavy atom. The second kappa shape index (κ2) is 6.61. The van der Waals surface area contributed by atoms with Crippen molar-refractivity contribution in [1.82, 2.24) is 0 Å². The Balaban J connectivity index is 2.52. The summed E-state index contributed by atoms with van der Waals surface area (Å²) in [6.45, 7) is 0.142. The maximum atomic E-state index is 11.8. The second-order valence-corrected chi connectivity index (χ2v) is 3.78. The van der Waals surface area contributed by atoms with Crippen molar-refractivity contribution in [2.75, 3.05) is 13.4 Å². The van der Waals surface area contributed by atoms with Crippen LogP contribution in [0.5, 0.6) is 5.75 Å². The summed E-state index contributed by atoms with van der Waals surface area (Å²) in [7, 11) is 0. The number of hydrogen-bond acceptors (Lipinski definition) is 3. The van der Waals surface area contributed by atoms with Crippen molar-refractivity contribution in [3.05, 3.63) is 29.8 Å². The lowest BCUT2D eigenvalue weighted by molar-refractivity contribution is -0.186. The highest BCUT2D eigenvalue weighted by atomic mass is 19.4. The first-order valence-corrected chi connectivity index (χ1v) is 5.56. The molecular weight excluding hydrogens is 247 g/mol. The van der Waals surface area contributed by atoms with Crippen LogP contribution in [0.3, 0.4) is 0 Å². The molecule has 3 nitrogen and oxygen atoms in total. The molecule has 0 heterocycles. The molecule has 0 amide bonds. The van der Waals surface area contributed by atoms with Gasteiger partial charge < -0.3 is 15.2 Å². The van der Waals surface area contributed by atoms with Crippen LogP contribution in [0, 0.1) is 0 Å². The average Bonchev–Trinajstić information content (AvgIpc) is 2.33. The molecule has 6 heteroatoms. The summed E-state index contributed by atoms with van der Waals surface area (Å²) in [6, 6.07) is 6.76. The molecule has 0 aliphatic rings. The van der Waals surface area contributed by atoms with Gasteiger partial charge in [0.05, 0.1) is 0 Å². The third-order valence-corrected chi connectivity index (χ3v) is 2.32. The van der Waals surface area contributed by atoms with Gasteiger partial charge in [0, 0.05) is 11.6 Å². The zero-order chi connectivity index (χ0) is 13.6. The van der Waals surface area contributed by atoms with Crippen LogP contribution in [0.4, 0.5) is 13.2 Å². The van der Waals surface area contributed by atoms with E-state index in [2.05, 4.69) is 4.74 Å². The largest absolute Gasteiger partial charge is 0.467 e. The van der Waals surface area contributed by atoms with Gasteiger partial charge in [0.1, 0.15) is 12.4 Å². The summed E-state index contributed by atoms with van der Waals surface area (Å²) in [5, 5.41) is 0. The van der Waals surface area contributed by atoms with Crippen LogP contribution >= 0.6 is 0 Å². The van der Waals surface area contributed by atoms with Gasteiger partial charge in [-0.2, -0.15) is 13.2 Å². The fraction of sp³-hybridized carbons (Fsp3) is 0.500. The lowest BCUT2D eigenvalue weighted by atomic mass is 10.0. The molecule has 1 atom stereocenters. The van der Waals surface area contributed by atoms with Gasteiger partial charge in [-0.05, 0) is 12.5 Å². The predicted molar refractivity (Wildman–Crippen MR) is 61.2 cm³/mol. The minimum atomic E-state index is -4.34. The van der Waals surface area contributed by atoms with Crippen molar-refractivity contribution >= 4 is 0 Å². The van der Waals surface area contributed by atoms with Gasteiger partial charge in [-0.3, -0.25) is 0 Å². The third-order valence-electron chi connectivity index (χ3n) is 2.32. The van der Waals surface area contributed by atoms with Crippen LogP contribution in [0.1, 0.15) is 24.9 Å². The van der Waals surface area contributed by atoms with Crippen LogP contribution in [0.15, 0.2) is 24.3 Å². The van der Waals surface area contributed by atoms with E-state index < -0.39 is 19.6 Å². The minimum Gasteiger partial charge on any atom is -0.467 e. The van der Waals surface area contributed by atoms with Gasteiger partial charge in [-0.15, -0.1) is 0 Å². The van der Waals surface area contributed by atoms with Gasteiger partial charge in [-0.1, -0.05) is 25.1 Å². The van der Waals surface area contributed by atoms with Gasteiger partial charge >= 0.3 is 6.18 Å². The van der Waals surface area contributed by atoms with Crippen LogP contribution < -0.4 is 10.5 Å². The molecule has 18 heavy (non-hydrogen) atoms. The number of nitrogens with two attached hydrogens (primary N) is 1. The highest BCUT2D eigenvalue weighted by Crippen LogP contribution is 2.25. The summed E-state index contributed by atoms with van der Waals surface area (Å²) >= 11 is 0. The van der Waals surface area contributed by atoms with Crippen molar-refractivity contribution in [3.8, 4) is 5.75 Å². The monoisotopic (exact) mass is 263 g/mol. The van der Waals surface area contributed by atoms with Crippen molar-refractivity contribution in [2.45, 2.75) is 25.6 Å². The van der Waals surface area contributed by atoms with Crippen molar-refractivity contribution < 1.29 is 22.6 Å². The van der Waals surface area contributed by atoms with Gasteiger partial charge in [0.2, 0.25) is 0 Å². The Morgan fingerprint density at radius 1 is 1.28 bits per heavy atom. The Labute approximate surface area is 104 Å². The zero-order valence-corrected chi connectivity index (χ0v) is 10.0. The molecule has 0 spiro atoms. The average molecular weight is 263 g/mol. The Kier molecular flexibility index (Phi) is 5.43. The molecule has 0 aromatic heterocycles.